The van der Waals surface area contributed by atoms with Crippen LogP contribution in [-0.2, 0) is 23.4 Å². The Morgan fingerprint density at radius 1 is 1.48 bits per heavy atom. The Hall–Kier alpha value is -2.39. The molecule has 1 amide bonds. The molecule has 1 fully saturated rings. The highest BCUT2D eigenvalue weighted by Gasteiger charge is 2.38. The first kappa shape index (κ1) is 24.9. The van der Waals surface area contributed by atoms with Gasteiger partial charge in [-0.25, -0.2) is 14.2 Å². The van der Waals surface area contributed by atoms with Crippen molar-refractivity contribution in [3.8, 4) is 0 Å². The number of rotatable bonds is 9. The molecule has 0 radical (unpaired) electrons. The Bertz CT molecular complexity index is 991. The lowest BCUT2D eigenvalue weighted by Gasteiger charge is -2.22. The first-order valence-corrected chi connectivity index (χ1v) is 10.6. The lowest BCUT2D eigenvalue weighted by Crippen LogP contribution is -2.53. The normalized spacial score (nSPS) is 24.9. The second-order valence-electron chi connectivity index (χ2n) is 6.92. The molecule has 0 spiro atoms. The minimum absolute atomic E-state index is 0.0786. The van der Waals surface area contributed by atoms with Crippen molar-refractivity contribution >= 4 is 19.6 Å². The second-order valence-corrected chi connectivity index (χ2v) is 8.48. The molecule has 0 aliphatic carbocycles. The molecular weight excluding hydrogens is 441 g/mol. The largest absolute Gasteiger partial charge is 0.479 e. The number of aliphatic hydroxyl groups excluding tert-OH is 1. The predicted octanol–water partition coefficient (Wildman–Crippen LogP) is -2.93. The van der Waals surface area contributed by atoms with E-state index in [1.807, 2.05) is 5.32 Å². The molecule has 6 atom stereocenters. The van der Waals surface area contributed by atoms with Crippen molar-refractivity contribution in [1.82, 2.24) is 20.0 Å². The number of carboxylic acid groups (broad SMARTS) is 1. The van der Waals surface area contributed by atoms with Crippen molar-refractivity contribution < 1.29 is 38.5 Å². The molecule has 16 heteroatoms. The summed E-state index contributed by atoms with van der Waals surface area (Å²) in [4.78, 5) is 58.1. The zero-order valence-electron chi connectivity index (χ0n) is 16.5. The number of carbonyl (C=O) groups excluding carboxylic acids is 1. The van der Waals surface area contributed by atoms with Crippen LogP contribution in [-0.4, -0.2) is 67.6 Å². The number of aliphatic hydroxyl groups is 1. The minimum atomic E-state index is -4.78. The van der Waals surface area contributed by atoms with Crippen LogP contribution in [0.5, 0.6) is 0 Å². The zero-order valence-corrected chi connectivity index (χ0v) is 17.4. The summed E-state index contributed by atoms with van der Waals surface area (Å²) < 4.78 is 23.5. The van der Waals surface area contributed by atoms with Crippen molar-refractivity contribution in [2.45, 2.75) is 50.9 Å². The van der Waals surface area contributed by atoms with E-state index in [9.17, 15) is 33.7 Å². The molecule has 1 unspecified atom stereocenters. The van der Waals surface area contributed by atoms with Gasteiger partial charge < -0.3 is 30.9 Å². The number of carbonyl (C=O) groups is 2. The molecule has 2 heterocycles. The fourth-order valence-corrected chi connectivity index (χ4v) is 3.56. The van der Waals surface area contributed by atoms with Crippen LogP contribution in [0.3, 0.4) is 0 Å². The van der Waals surface area contributed by atoms with Gasteiger partial charge >= 0.3 is 19.4 Å². The summed E-state index contributed by atoms with van der Waals surface area (Å²) in [6, 6.07) is -1.07. The Morgan fingerprint density at radius 2 is 2.13 bits per heavy atom. The number of nitrogens with zero attached hydrogens (tertiary/aromatic N) is 1. The summed E-state index contributed by atoms with van der Waals surface area (Å²) in [6.45, 7) is 2.11. The Kier molecular flexibility index (Phi) is 7.88. The number of hydrogen-bond donors (Lipinski definition) is 7. The average Bonchev–Trinajstić information content (AvgIpc) is 3.02. The summed E-state index contributed by atoms with van der Waals surface area (Å²) in [7, 11) is -4.78. The monoisotopic (exact) mass is 465 g/mol. The van der Waals surface area contributed by atoms with E-state index in [2.05, 4.69) is 4.98 Å². The van der Waals surface area contributed by atoms with Gasteiger partial charge in [-0.05, 0) is 13.8 Å². The van der Waals surface area contributed by atoms with Gasteiger partial charge in [0.2, 0.25) is 5.91 Å². The number of H-pyrrole nitrogens is 1. The van der Waals surface area contributed by atoms with E-state index in [1.54, 1.807) is 5.09 Å². The van der Waals surface area contributed by atoms with E-state index in [1.165, 1.54) is 20.0 Å². The number of ether oxygens (including phenoxy) is 1. The maximum Gasteiger partial charge on any atom is 0.405 e. The van der Waals surface area contributed by atoms with Crippen LogP contribution in [0.25, 0.3) is 0 Å². The molecule has 0 saturated carbocycles. The van der Waals surface area contributed by atoms with Gasteiger partial charge in [-0.1, -0.05) is 0 Å². The molecular formula is C15H24N5O10P. The van der Waals surface area contributed by atoms with Crippen LogP contribution in [0.15, 0.2) is 15.8 Å². The lowest BCUT2D eigenvalue weighted by molar-refractivity contribution is -0.142. The smallest absolute Gasteiger partial charge is 0.405 e. The third kappa shape index (κ3) is 6.54. The number of carboxylic acids is 1. The Balaban J connectivity index is 2.01. The standard InChI is InChI=1S/C15H24N5O10P/c1-6-4-20(15(26)18-12(6)22)10-3-8(21)9(30-10)5-29-31(27,28)19-11(14(24)25)17-13(23)7(2)16/h4,7-11,21H,3,5,16H2,1-2H3,(H,17,23)(H,24,25)(H,18,22,26)(H2,19,27,28)/t7-,8-,9+,10+,11-/m0/s1. The van der Waals surface area contributed by atoms with E-state index in [-0.39, 0.29) is 12.0 Å². The van der Waals surface area contributed by atoms with Crippen molar-refractivity contribution in [1.29, 1.82) is 0 Å². The molecule has 1 saturated heterocycles. The van der Waals surface area contributed by atoms with E-state index < -0.39 is 68.1 Å². The summed E-state index contributed by atoms with van der Waals surface area (Å²) in [5.41, 5.74) is 4.20. The second kappa shape index (κ2) is 9.82. The zero-order chi connectivity index (χ0) is 23.5. The topological polar surface area (TPSA) is 235 Å². The fraction of sp³-hybridized carbons (Fsp3) is 0.600. The number of aromatic amines is 1. The third-order valence-corrected chi connectivity index (χ3v) is 5.40. The quantitative estimate of drug-likeness (QED) is 0.143. The number of aryl methyl sites for hydroxylation is 1. The highest BCUT2D eigenvalue weighted by Crippen LogP contribution is 2.39. The van der Waals surface area contributed by atoms with Crippen LogP contribution >= 0.6 is 7.75 Å². The molecule has 2 rings (SSSR count). The van der Waals surface area contributed by atoms with E-state index in [0.717, 1.165) is 4.57 Å². The Morgan fingerprint density at radius 3 is 2.71 bits per heavy atom. The molecule has 1 aromatic rings. The van der Waals surface area contributed by atoms with Crippen molar-refractivity contribution in [3.05, 3.63) is 32.6 Å². The van der Waals surface area contributed by atoms with Gasteiger partial charge in [0.25, 0.3) is 5.56 Å². The Labute approximate surface area is 174 Å². The summed E-state index contributed by atoms with van der Waals surface area (Å²) in [5, 5.41) is 22.9. The first-order valence-electron chi connectivity index (χ1n) is 9.00. The van der Waals surface area contributed by atoms with Crippen LogP contribution in [0.2, 0.25) is 0 Å². The molecule has 174 valence electrons. The van der Waals surface area contributed by atoms with Gasteiger partial charge in [0.1, 0.15) is 12.3 Å². The third-order valence-electron chi connectivity index (χ3n) is 4.31. The lowest BCUT2D eigenvalue weighted by atomic mass is 10.2. The highest BCUT2D eigenvalue weighted by molar-refractivity contribution is 7.50. The molecule has 1 aliphatic heterocycles. The van der Waals surface area contributed by atoms with Crippen LogP contribution in [0.1, 0.15) is 25.1 Å². The van der Waals surface area contributed by atoms with Crippen molar-refractivity contribution in [2.24, 2.45) is 5.73 Å². The van der Waals surface area contributed by atoms with Gasteiger partial charge in [0, 0.05) is 18.2 Å². The van der Waals surface area contributed by atoms with Gasteiger partial charge in [0.05, 0.1) is 18.8 Å². The molecule has 1 aromatic heterocycles. The van der Waals surface area contributed by atoms with E-state index in [4.69, 9.17) is 20.1 Å². The highest BCUT2D eigenvalue weighted by atomic mass is 31.2. The molecule has 0 aromatic carbocycles. The summed E-state index contributed by atoms with van der Waals surface area (Å²) in [5.74, 6) is -2.56. The average molecular weight is 465 g/mol. The molecule has 1 aliphatic rings. The van der Waals surface area contributed by atoms with Gasteiger partial charge in [0.15, 0.2) is 6.17 Å². The number of hydrogen-bond acceptors (Lipinski definition) is 9. The number of aliphatic carboxylic acids is 1. The van der Waals surface area contributed by atoms with Gasteiger partial charge in [-0.3, -0.25) is 23.7 Å². The SMILES string of the molecule is Cc1cn([C@H]2C[C@H](O)[C@@H](COP(=O)(O)N[C@H](NC(=O)[C@H](C)N)C(=O)O)O2)c(=O)[nH]c1=O. The summed E-state index contributed by atoms with van der Waals surface area (Å²) >= 11 is 0. The predicted molar refractivity (Wildman–Crippen MR) is 103 cm³/mol. The molecule has 31 heavy (non-hydrogen) atoms. The van der Waals surface area contributed by atoms with Gasteiger partial charge in [-0.15, -0.1) is 0 Å². The van der Waals surface area contributed by atoms with E-state index in [0.29, 0.717) is 0 Å². The fourth-order valence-electron chi connectivity index (χ4n) is 2.63. The van der Waals surface area contributed by atoms with Crippen molar-refractivity contribution in [2.75, 3.05) is 6.61 Å². The maximum absolute atomic E-state index is 12.2. The number of amides is 1. The first-order chi connectivity index (χ1) is 14.3. The number of nitrogens with one attached hydrogen (secondary N) is 3. The molecule has 15 nitrogen and oxygen atoms in total. The molecule has 0 bridgehead atoms. The maximum atomic E-state index is 12.2. The van der Waals surface area contributed by atoms with Crippen molar-refractivity contribution in [3.63, 3.8) is 0 Å². The van der Waals surface area contributed by atoms with Crippen LogP contribution in [0, 0.1) is 6.92 Å². The van der Waals surface area contributed by atoms with E-state index >= 15 is 0 Å². The minimum Gasteiger partial charge on any atom is -0.479 e. The van der Waals surface area contributed by atoms with Crippen LogP contribution < -0.4 is 27.4 Å². The number of nitrogens with two attached hydrogens (primary N) is 1. The summed E-state index contributed by atoms with van der Waals surface area (Å²) in [6.07, 6.45) is -4.12. The molecule has 8 N–H and O–H groups in total. The number of aromatic nitrogens is 2. The van der Waals surface area contributed by atoms with Crippen LogP contribution in [0.4, 0.5) is 0 Å². The van der Waals surface area contributed by atoms with Gasteiger partial charge in [-0.2, -0.15) is 5.09 Å².